The SMILES string of the molecule is CCCc1cc2[nH]c(S(=O)Cc3nccc(OC)c3C)nc2[nH+]c1OCC(F)F. The summed E-state index contributed by atoms with van der Waals surface area (Å²) in [5, 5.41) is 0.272. The number of aryl methyl sites for hydroxylation is 1. The Kier molecular flexibility index (Phi) is 6.73. The van der Waals surface area contributed by atoms with Crippen LogP contribution in [-0.4, -0.2) is 39.3 Å². The number of hydrogen-bond donors (Lipinski definition) is 1. The highest BCUT2D eigenvalue weighted by Gasteiger charge is 2.23. The lowest BCUT2D eigenvalue weighted by Crippen LogP contribution is -2.18. The number of aromatic nitrogens is 4. The first-order valence-corrected chi connectivity index (χ1v) is 10.5. The van der Waals surface area contributed by atoms with E-state index in [1.165, 1.54) is 0 Å². The Morgan fingerprint density at radius 3 is 2.86 bits per heavy atom. The zero-order valence-electron chi connectivity index (χ0n) is 16.4. The van der Waals surface area contributed by atoms with Gasteiger partial charge in [0, 0.05) is 17.3 Å². The van der Waals surface area contributed by atoms with Gasteiger partial charge in [-0.15, -0.1) is 0 Å². The number of fused-ring (bicyclic) bond motifs is 1. The molecule has 0 aliphatic heterocycles. The molecule has 0 spiro atoms. The van der Waals surface area contributed by atoms with Gasteiger partial charge < -0.3 is 14.5 Å². The van der Waals surface area contributed by atoms with E-state index in [0.29, 0.717) is 29.0 Å². The number of ether oxygens (including phenoxy) is 2. The van der Waals surface area contributed by atoms with E-state index in [2.05, 4.69) is 19.9 Å². The lowest BCUT2D eigenvalue weighted by Gasteiger charge is -2.07. The van der Waals surface area contributed by atoms with Gasteiger partial charge in [0.2, 0.25) is 0 Å². The Bertz CT molecular complexity index is 1030. The van der Waals surface area contributed by atoms with Crippen molar-refractivity contribution in [3.05, 3.63) is 35.2 Å². The van der Waals surface area contributed by atoms with Gasteiger partial charge in [-0.3, -0.25) is 4.98 Å². The molecule has 3 aromatic rings. The Morgan fingerprint density at radius 1 is 1.38 bits per heavy atom. The first kappa shape index (κ1) is 21.1. The molecule has 0 amide bonds. The molecule has 0 aliphatic rings. The number of alkyl halides is 2. The maximum absolute atomic E-state index is 12.8. The summed E-state index contributed by atoms with van der Waals surface area (Å²) in [6.45, 7) is 3.13. The molecule has 0 fully saturated rings. The molecule has 3 aromatic heterocycles. The normalized spacial score (nSPS) is 12.5. The highest BCUT2D eigenvalue weighted by Crippen LogP contribution is 2.23. The second-order valence-electron chi connectivity index (χ2n) is 6.45. The van der Waals surface area contributed by atoms with Crippen molar-refractivity contribution in [2.75, 3.05) is 13.7 Å². The van der Waals surface area contributed by atoms with Gasteiger partial charge in [0.15, 0.2) is 6.61 Å². The van der Waals surface area contributed by atoms with Gasteiger partial charge in [-0.25, -0.2) is 18.0 Å². The van der Waals surface area contributed by atoms with Crippen molar-refractivity contribution in [1.29, 1.82) is 0 Å². The molecule has 29 heavy (non-hydrogen) atoms. The Labute approximate surface area is 169 Å². The number of hydrogen-bond acceptors (Lipinski definition) is 5. The molecule has 10 heteroatoms. The van der Waals surface area contributed by atoms with Gasteiger partial charge in [0.25, 0.3) is 12.3 Å². The fourth-order valence-corrected chi connectivity index (χ4v) is 4.04. The number of methoxy groups -OCH3 is 1. The Morgan fingerprint density at radius 2 is 2.17 bits per heavy atom. The molecule has 7 nitrogen and oxygen atoms in total. The summed E-state index contributed by atoms with van der Waals surface area (Å²) in [5.41, 5.74) is 3.26. The minimum Gasteiger partial charge on any atom is -0.496 e. The topological polar surface area (TPSA) is 91.2 Å². The highest BCUT2D eigenvalue weighted by atomic mass is 32.2. The molecule has 0 saturated carbocycles. The summed E-state index contributed by atoms with van der Waals surface area (Å²) in [7, 11) is 0.0881. The van der Waals surface area contributed by atoms with Gasteiger partial charge >= 0.3 is 10.8 Å². The van der Waals surface area contributed by atoms with Crippen LogP contribution in [0.4, 0.5) is 8.78 Å². The van der Waals surface area contributed by atoms with Crippen LogP contribution in [0, 0.1) is 6.92 Å². The first-order valence-electron chi connectivity index (χ1n) is 9.15. The zero-order valence-corrected chi connectivity index (χ0v) is 17.2. The highest BCUT2D eigenvalue weighted by molar-refractivity contribution is 7.84. The average Bonchev–Trinajstić information content (AvgIpc) is 3.11. The van der Waals surface area contributed by atoms with Crippen LogP contribution in [-0.2, 0) is 23.0 Å². The number of imidazole rings is 1. The maximum atomic E-state index is 12.8. The van der Waals surface area contributed by atoms with Crippen LogP contribution in [0.15, 0.2) is 23.5 Å². The number of H-pyrrole nitrogens is 2. The fraction of sp³-hybridized carbons (Fsp3) is 0.421. The van der Waals surface area contributed by atoms with E-state index in [1.54, 1.807) is 25.4 Å². The molecule has 1 atom stereocenters. The largest absolute Gasteiger partial charge is 0.496 e. The molecule has 0 saturated heterocycles. The standard InChI is InChI=1S/C19H22F2N4O3S/c1-4-5-12-8-13-17(24-18(12)28-9-16(20)21)25-19(23-13)29(26)10-14-11(2)15(27-3)6-7-22-14/h6-8,16H,4-5,9-10H2,1-3H3,(H,23,24,25)/p+1. The van der Waals surface area contributed by atoms with Crippen LogP contribution in [0.5, 0.6) is 11.6 Å². The molecule has 0 aromatic carbocycles. The lowest BCUT2D eigenvalue weighted by atomic mass is 10.1. The minimum absolute atomic E-state index is 0.166. The number of nitrogens with one attached hydrogen (secondary N) is 2. The summed E-state index contributed by atoms with van der Waals surface area (Å²) >= 11 is 0. The summed E-state index contributed by atoms with van der Waals surface area (Å²) in [6, 6.07) is 3.53. The second-order valence-corrected chi connectivity index (χ2v) is 7.82. The van der Waals surface area contributed by atoms with Crippen molar-refractivity contribution >= 4 is 22.0 Å². The third kappa shape index (κ3) is 4.87. The molecular formula is C19H23F2N4O3S+. The van der Waals surface area contributed by atoms with Crippen LogP contribution in [0.2, 0.25) is 0 Å². The molecule has 0 bridgehead atoms. The quantitative estimate of drug-likeness (QED) is 0.569. The van der Waals surface area contributed by atoms with Crippen LogP contribution >= 0.6 is 0 Å². The third-order valence-electron chi connectivity index (χ3n) is 4.39. The van der Waals surface area contributed by atoms with Gasteiger partial charge in [-0.1, -0.05) is 13.3 Å². The molecule has 3 rings (SSSR count). The average molecular weight is 425 g/mol. The smallest absolute Gasteiger partial charge is 0.350 e. The van der Waals surface area contributed by atoms with Gasteiger partial charge in [0.1, 0.15) is 22.1 Å². The summed E-state index contributed by atoms with van der Waals surface area (Å²) in [4.78, 5) is 14.6. The van der Waals surface area contributed by atoms with Crippen molar-refractivity contribution < 1.29 is 27.4 Å². The van der Waals surface area contributed by atoms with Crippen molar-refractivity contribution in [3.63, 3.8) is 0 Å². The molecular weight excluding hydrogens is 402 g/mol. The lowest BCUT2D eigenvalue weighted by molar-refractivity contribution is -0.367. The van der Waals surface area contributed by atoms with E-state index in [-0.39, 0.29) is 16.8 Å². The van der Waals surface area contributed by atoms with E-state index < -0.39 is 23.8 Å². The maximum Gasteiger partial charge on any atom is 0.350 e. The third-order valence-corrected chi connectivity index (χ3v) is 5.55. The number of halogens is 2. The molecule has 0 aliphatic carbocycles. The van der Waals surface area contributed by atoms with Crippen molar-refractivity contribution in [2.24, 2.45) is 0 Å². The van der Waals surface area contributed by atoms with Gasteiger partial charge in [0.05, 0.1) is 18.6 Å². The van der Waals surface area contributed by atoms with E-state index >= 15 is 0 Å². The second kappa shape index (κ2) is 9.25. The van der Waals surface area contributed by atoms with Crippen LogP contribution in [0.1, 0.15) is 30.2 Å². The number of rotatable bonds is 9. The Hall–Kier alpha value is -2.62. The number of aromatic amines is 2. The molecule has 0 radical (unpaired) electrons. The predicted molar refractivity (Wildman–Crippen MR) is 104 cm³/mol. The monoisotopic (exact) mass is 425 g/mol. The zero-order chi connectivity index (χ0) is 21.0. The first-order chi connectivity index (χ1) is 13.9. The van der Waals surface area contributed by atoms with E-state index in [0.717, 1.165) is 17.5 Å². The van der Waals surface area contributed by atoms with Crippen molar-refractivity contribution in [3.8, 4) is 11.6 Å². The van der Waals surface area contributed by atoms with E-state index in [4.69, 9.17) is 9.47 Å². The molecule has 1 unspecified atom stereocenters. The van der Waals surface area contributed by atoms with Crippen LogP contribution in [0.3, 0.4) is 0 Å². The predicted octanol–water partition coefficient (Wildman–Crippen LogP) is 2.99. The minimum atomic E-state index is -2.57. The van der Waals surface area contributed by atoms with E-state index in [1.807, 2.05) is 13.8 Å². The molecule has 2 N–H and O–H groups in total. The van der Waals surface area contributed by atoms with Gasteiger partial charge in [-0.2, -0.15) is 0 Å². The van der Waals surface area contributed by atoms with Crippen molar-refractivity contribution in [2.45, 2.75) is 44.0 Å². The van der Waals surface area contributed by atoms with E-state index in [9.17, 15) is 13.0 Å². The van der Waals surface area contributed by atoms with Crippen molar-refractivity contribution in [1.82, 2.24) is 15.0 Å². The van der Waals surface area contributed by atoms with Crippen LogP contribution in [0.25, 0.3) is 11.2 Å². The summed E-state index contributed by atoms with van der Waals surface area (Å²) in [5.74, 6) is 1.10. The molecule has 3 heterocycles. The number of nitrogens with zero attached hydrogens (tertiary/aromatic N) is 2. The van der Waals surface area contributed by atoms with Crippen LogP contribution < -0.4 is 14.5 Å². The summed E-state index contributed by atoms with van der Waals surface area (Å²) in [6.07, 6.45) is 0.497. The fourth-order valence-electron chi connectivity index (χ4n) is 2.95. The Balaban J connectivity index is 1.89. The van der Waals surface area contributed by atoms with Gasteiger partial charge in [-0.05, 0) is 30.5 Å². The summed E-state index contributed by atoms with van der Waals surface area (Å²) < 4.78 is 48.4. The number of pyridine rings is 2. The molecule has 156 valence electrons.